The van der Waals surface area contributed by atoms with E-state index in [2.05, 4.69) is 29.3 Å². The van der Waals surface area contributed by atoms with Crippen LogP contribution in [-0.4, -0.2) is 22.0 Å². The summed E-state index contributed by atoms with van der Waals surface area (Å²) < 4.78 is 5.37. The summed E-state index contributed by atoms with van der Waals surface area (Å²) in [6.07, 6.45) is 1.57. The number of hydrogen-bond donors (Lipinski definition) is 1. The number of rotatable bonds is 4. The minimum Gasteiger partial charge on any atom is -0.382 e. The van der Waals surface area contributed by atoms with E-state index in [4.69, 9.17) is 10.5 Å². The van der Waals surface area contributed by atoms with Crippen LogP contribution in [0.2, 0.25) is 0 Å². The Kier molecular flexibility index (Phi) is 3.57. The largest absolute Gasteiger partial charge is 0.382 e. The van der Waals surface area contributed by atoms with Crippen molar-refractivity contribution in [2.75, 3.05) is 12.3 Å². The SMILES string of the molecule is CC(C)COCc1cnnnc1N. The van der Waals surface area contributed by atoms with Crippen LogP contribution in [0.3, 0.4) is 0 Å². The monoisotopic (exact) mass is 182 g/mol. The van der Waals surface area contributed by atoms with Crippen molar-refractivity contribution in [3.63, 3.8) is 0 Å². The fourth-order valence-electron chi connectivity index (χ4n) is 0.816. The van der Waals surface area contributed by atoms with E-state index in [1.165, 1.54) is 0 Å². The van der Waals surface area contributed by atoms with E-state index in [0.29, 0.717) is 24.9 Å². The molecule has 1 aromatic rings. The van der Waals surface area contributed by atoms with Crippen LogP contribution < -0.4 is 5.73 Å². The van der Waals surface area contributed by atoms with Gasteiger partial charge in [0.25, 0.3) is 0 Å². The van der Waals surface area contributed by atoms with Crippen molar-refractivity contribution in [2.45, 2.75) is 20.5 Å². The highest BCUT2D eigenvalue weighted by molar-refractivity contribution is 5.34. The van der Waals surface area contributed by atoms with Crippen LogP contribution in [-0.2, 0) is 11.3 Å². The molecule has 0 aliphatic rings. The van der Waals surface area contributed by atoms with Crippen molar-refractivity contribution in [2.24, 2.45) is 5.92 Å². The van der Waals surface area contributed by atoms with Gasteiger partial charge in [-0.25, -0.2) is 0 Å². The van der Waals surface area contributed by atoms with Gasteiger partial charge in [0, 0.05) is 12.2 Å². The lowest BCUT2D eigenvalue weighted by atomic mass is 10.2. The van der Waals surface area contributed by atoms with Gasteiger partial charge in [-0.05, 0) is 11.1 Å². The first-order valence-electron chi connectivity index (χ1n) is 4.20. The third kappa shape index (κ3) is 3.33. The van der Waals surface area contributed by atoms with Gasteiger partial charge in [0.2, 0.25) is 0 Å². The maximum atomic E-state index is 5.54. The van der Waals surface area contributed by atoms with E-state index in [-0.39, 0.29) is 0 Å². The lowest BCUT2D eigenvalue weighted by molar-refractivity contribution is 0.0970. The van der Waals surface area contributed by atoms with Gasteiger partial charge in [0.05, 0.1) is 12.8 Å². The molecular formula is C8H14N4O. The molecular weight excluding hydrogens is 168 g/mol. The molecule has 72 valence electrons. The minimum atomic E-state index is 0.388. The molecule has 0 amide bonds. The summed E-state index contributed by atoms with van der Waals surface area (Å²) in [7, 11) is 0. The Morgan fingerprint density at radius 3 is 2.92 bits per heavy atom. The summed E-state index contributed by atoms with van der Waals surface area (Å²) in [4.78, 5) is 0. The fourth-order valence-corrected chi connectivity index (χ4v) is 0.816. The maximum Gasteiger partial charge on any atom is 0.155 e. The van der Waals surface area contributed by atoms with Gasteiger partial charge in [0.15, 0.2) is 5.82 Å². The van der Waals surface area contributed by atoms with Crippen molar-refractivity contribution in [3.05, 3.63) is 11.8 Å². The van der Waals surface area contributed by atoms with Crippen molar-refractivity contribution in [1.29, 1.82) is 0 Å². The molecule has 1 heterocycles. The van der Waals surface area contributed by atoms with Crippen LogP contribution in [0.25, 0.3) is 0 Å². The molecule has 0 radical (unpaired) electrons. The van der Waals surface area contributed by atoms with E-state index in [1.807, 2.05) is 0 Å². The summed E-state index contributed by atoms with van der Waals surface area (Å²) in [5.41, 5.74) is 6.33. The number of nitrogens with zero attached hydrogens (tertiary/aromatic N) is 3. The highest BCUT2D eigenvalue weighted by atomic mass is 16.5. The number of ether oxygens (including phenoxy) is 1. The van der Waals surface area contributed by atoms with Gasteiger partial charge < -0.3 is 10.5 Å². The number of aromatic nitrogens is 3. The molecule has 0 bridgehead atoms. The molecule has 1 rings (SSSR count). The molecule has 0 atom stereocenters. The molecule has 0 saturated heterocycles. The van der Waals surface area contributed by atoms with E-state index in [1.54, 1.807) is 6.20 Å². The topological polar surface area (TPSA) is 73.9 Å². The molecule has 0 aliphatic carbocycles. The number of anilines is 1. The van der Waals surface area contributed by atoms with Crippen LogP contribution in [0, 0.1) is 5.92 Å². The van der Waals surface area contributed by atoms with Gasteiger partial charge in [-0.15, -0.1) is 10.2 Å². The van der Waals surface area contributed by atoms with Crippen LogP contribution in [0.5, 0.6) is 0 Å². The lowest BCUT2D eigenvalue weighted by Gasteiger charge is -2.06. The standard InChI is InChI=1S/C8H14N4O/c1-6(2)4-13-5-7-3-10-12-11-8(7)9/h3,6H,4-5H2,1-2H3,(H2,9,10,11). The third-order valence-corrected chi connectivity index (χ3v) is 1.46. The molecule has 0 aromatic carbocycles. The Morgan fingerprint density at radius 2 is 2.31 bits per heavy atom. The van der Waals surface area contributed by atoms with Crippen LogP contribution >= 0.6 is 0 Å². The summed E-state index contributed by atoms with van der Waals surface area (Å²) in [6.45, 7) is 5.34. The molecule has 0 spiro atoms. The van der Waals surface area contributed by atoms with Gasteiger partial charge in [-0.1, -0.05) is 13.8 Å². The van der Waals surface area contributed by atoms with E-state index in [9.17, 15) is 0 Å². The first kappa shape index (κ1) is 9.85. The van der Waals surface area contributed by atoms with Crippen LogP contribution in [0.15, 0.2) is 6.20 Å². The molecule has 2 N–H and O–H groups in total. The van der Waals surface area contributed by atoms with E-state index in [0.717, 1.165) is 5.56 Å². The van der Waals surface area contributed by atoms with Gasteiger partial charge in [0.1, 0.15) is 0 Å². The third-order valence-electron chi connectivity index (χ3n) is 1.46. The van der Waals surface area contributed by atoms with Gasteiger partial charge in [-0.3, -0.25) is 0 Å². The molecule has 0 unspecified atom stereocenters. The molecule has 1 aromatic heterocycles. The summed E-state index contributed by atoms with van der Waals surface area (Å²) in [6, 6.07) is 0. The average molecular weight is 182 g/mol. The Balaban J connectivity index is 2.41. The fraction of sp³-hybridized carbons (Fsp3) is 0.625. The Labute approximate surface area is 77.3 Å². The predicted molar refractivity (Wildman–Crippen MR) is 48.7 cm³/mol. The van der Waals surface area contributed by atoms with Crippen molar-refractivity contribution < 1.29 is 4.74 Å². The minimum absolute atomic E-state index is 0.388. The number of nitrogen functional groups attached to an aromatic ring is 1. The van der Waals surface area contributed by atoms with E-state index < -0.39 is 0 Å². The zero-order valence-electron chi connectivity index (χ0n) is 7.90. The predicted octanol–water partition coefficient (Wildman–Crippen LogP) is 0.626. The van der Waals surface area contributed by atoms with Crippen molar-refractivity contribution in [1.82, 2.24) is 15.4 Å². The van der Waals surface area contributed by atoms with Gasteiger partial charge >= 0.3 is 0 Å². The second kappa shape index (κ2) is 4.71. The molecule has 0 aliphatic heterocycles. The second-order valence-electron chi connectivity index (χ2n) is 3.25. The smallest absolute Gasteiger partial charge is 0.155 e. The average Bonchev–Trinajstić information content (AvgIpc) is 2.08. The number of nitrogens with two attached hydrogens (primary N) is 1. The lowest BCUT2D eigenvalue weighted by Crippen LogP contribution is -2.06. The van der Waals surface area contributed by atoms with Gasteiger partial charge in [-0.2, -0.15) is 0 Å². The highest BCUT2D eigenvalue weighted by Crippen LogP contribution is 2.06. The Bertz CT molecular complexity index is 264. The molecule has 0 fully saturated rings. The van der Waals surface area contributed by atoms with Crippen LogP contribution in [0.1, 0.15) is 19.4 Å². The molecule has 13 heavy (non-hydrogen) atoms. The second-order valence-corrected chi connectivity index (χ2v) is 3.25. The maximum absolute atomic E-state index is 5.54. The summed E-state index contributed by atoms with van der Waals surface area (Å²) >= 11 is 0. The zero-order valence-corrected chi connectivity index (χ0v) is 7.90. The van der Waals surface area contributed by atoms with E-state index >= 15 is 0 Å². The first-order chi connectivity index (χ1) is 6.20. The van der Waals surface area contributed by atoms with Crippen molar-refractivity contribution >= 4 is 5.82 Å². The Morgan fingerprint density at radius 1 is 1.54 bits per heavy atom. The first-order valence-corrected chi connectivity index (χ1v) is 4.20. The summed E-state index contributed by atoms with van der Waals surface area (Å²) in [5.74, 6) is 0.905. The Hall–Kier alpha value is -1.23. The van der Waals surface area contributed by atoms with Crippen LogP contribution in [0.4, 0.5) is 5.82 Å². The quantitative estimate of drug-likeness (QED) is 0.739. The normalized spacial score (nSPS) is 10.7. The highest BCUT2D eigenvalue weighted by Gasteiger charge is 2.01. The zero-order chi connectivity index (χ0) is 9.68. The summed E-state index contributed by atoms with van der Waals surface area (Å²) in [5, 5.41) is 10.6. The molecule has 0 saturated carbocycles. The number of hydrogen-bond acceptors (Lipinski definition) is 5. The molecule has 5 nitrogen and oxygen atoms in total. The molecule has 5 heteroatoms. The van der Waals surface area contributed by atoms with Crippen molar-refractivity contribution in [3.8, 4) is 0 Å².